The van der Waals surface area contributed by atoms with E-state index in [2.05, 4.69) is 15.9 Å². The minimum atomic E-state index is -0.610. The molecular formula is C20H18BrClN2O4S. The number of ether oxygens (including phenoxy) is 1. The predicted octanol–water partition coefficient (Wildman–Crippen LogP) is 5.11. The molecule has 1 saturated heterocycles. The van der Waals surface area contributed by atoms with Gasteiger partial charge in [-0.3, -0.25) is 19.3 Å². The molecule has 1 aromatic heterocycles. The maximum Gasteiger partial charge on any atom is 0.326 e. The first kappa shape index (κ1) is 21.7. The van der Waals surface area contributed by atoms with Crippen LogP contribution in [0.2, 0.25) is 5.02 Å². The van der Waals surface area contributed by atoms with Crippen LogP contribution in [0.3, 0.4) is 0 Å². The normalized spacial score (nSPS) is 15.5. The standard InChI is InChI=1S/C20H18BrClN2O4S/c1-4-28-18(25)10-23-19(26)17(29-20(23)27)8-13-7-11(2)24(12(13)3)14-5-6-15(21)16(22)9-14/h5-9H,4,10H2,1-3H3. The van der Waals surface area contributed by atoms with Gasteiger partial charge in [0.15, 0.2) is 0 Å². The van der Waals surface area contributed by atoms with Gasteiger partial charge in [-0.05, 0) is 84.4 Å². The number of halogens is 2. The van der Waals surface area contributed by atoms with Crippen LogP contribution in [-0.2, 0) is 14.3 Å². The van der Waals surface area contributed by atoms with E-state index in [1.807, 2.05) is 42.7 Å². The fraction of sp³-hybridized carbons (Fsp3) is 0.250. The van der Waals surface area contributed by atoms with Gasteiger partial charge in [0.05, 0.1) is 16.5 Å². The smallest absolute Gasteiger partial charge is 0.326 e. The summed E-state index contributed by atoms with van der Waals surface area (Å²) in [6.45, 7) is 5.35. The second kappa shape index (κ2) is 8.77. The molecule has 0 atom stereocenters. The van der Waals surface area contributed by atoms with Crippen molar-refractivity contribution in [3.8, 4) is 5.69 Å². The molecule has 1 aliphatic rings. The monoisotopic (exact) mass is 496 g/mol. The highest BCUT2D eigenvalue weighted by Crippen LogP contribution is 2.34. The summed E-state index contributed by atoms with van der Waals surface area (Å²) in [5, 5.41) is 0.111. The van der Waals surface area contributed by atoms with Crippen molar-refractivity contribution in [3.05, 3.63) is 55.6 Å². The van der Waals surface area contributed by atoms with Gasteiger partial charge in [0, 0.05) is 21.5 Å². The van der Waals surface area contributed by atoms with E-state index in [1.54, 1.807) is 13.0 Å². The largest absolute Gasteiger partial charge is 0.465 e. The third-order valence-corrected chi connectivity index (χ3v) is 6.52. The topological polar surface area (TPSA) is 68.6 Å². The van der Waals surface area contributed by atoms with Gasteiger partial charge in [-0.25, -0.2) is 0 Å². The molecule has 0 saturated carbocycles. The highest BCUT2D eigenvalue weighted by atomic mass is 79.9. The van der Waals surface area contributed by atoms with E-state index in [0.717, 1.165) is 43.8 Å². The average molecular weight is 498 g/mol. The van der Waals surface area contributed by atoms with Crippen molar-refractivity contribution in [2.24, 2.45) is 0 Å². The van der Waals surface area contributed by atoms with Gasteiger partial charge < -0.3 is 9.30 Å². The number of carbonyl (C=O) groups is 3. The number of aromatic nitrogens is 1. The third-order valence-electron chi connectivity index (χ3n) is 4.38. The molecule has 0 aliphatic carbocycles. The Kier molecular flexibility index (Phi) is 6.55. The van der Waals surface area contributed by atoms with Crippen LogP contribution in [0.4, 0.5) is 4.79 Å². The number of carbonyl (C=O) groups excluding carboxylic acids is 3. The molecule has 9 heteroatoms. The molecule has 0 spiro atoms. The zero-order chi connectivity index (χ0) is 21.3. The van der Waals surface area contributed by atoms with Gasteiger partial charge in [-0.2, -0.15) is 0 Å². The van der Waals surface area contributed by atoms with E-state index in [4.69, 9.17) is 16.3 Å². The Morgan fingerprint density at radius 3 is 2.66 bits per heavy atom. The molecule has 0 radical (unpaired) electrons. The number of amides is 2. The first-order chi connectivity index (χ1) is 13.7. The summed E-state index contributed by atoms with van der Waals surface area (Å²) < 4.78 is 7.66. The van der Waals surface area contributed by atoms with Crippen LogP contribution in [0.25, 0.3) is 11.8 Å². The summed E-state index contributed by atoms with van der Waals surface area (Å²) in [6.07, 6.45) is 1.68. The van der Waals surface area contributed by atoms with Crippen molar-refractivity contribution in [1.82, 2.24) is 9.47 Å². The van der Waals surface area contributed by atoms with Crippen molar-refractivity contribution >= 4 is 62.5 Å². The number of hydrogen-bond donors (Lipinski definition) is 0. The quantitative estimate of drug-likeness (QED) is 0.424. The molecule has 0 N–H and O–H groups in total. The van der Waals surface area contributed by atoms with Gasteiger partial charge >= 0.3 is 5.97 Å². The first-order valence-electron chi connectivity index (χ1n) is 8.78. The van der Waals surface area contributed by atoms with Gasteiger partial charge in [-0.1, -0.05) is 11.6 Å². The Morgan fingerprint density at radius 1 is 1.28 bits per heavy atom. The highest BCUT2D eigenvalue weighted by Gasteiger charge is 2.36. The van der Waals surface area contributed by atoms with Gasteiger partial charge in [0.2, 0.25) is 0 Å². The number of rotatable bonds is 5. The van der Waals surface area contributed by atoms with Crippen LogP contribution in [0.15, 0.2) is 33.6 Å². The van der Waals surface area contributed by atoms with E-state index >= 15 is 0 Å². The van der Waals surface area contributed by atoms with Crippen molar-refractivity contribution < 1.29 is 19.1 Å². The van der Waals surface area contributed by atoms with E-state index < -0.39 is 17.1 Å². The van der Waals surface area contributed by atoms with Crippen LogP contribution >= 0.6 is 39.3 Å². The number of thioether (sulfide) groups is 1. The predicted molar refractivity (Wildman–Crippen MR) is 117 cm³/mol. The average Bonchev–Trinajstić information content (AvgIpc) is 3.08. The van der Waals surface area contributed by atoms with Crippen molar-refractivity contribution in [2.75, 3.05) is 13.2 Å². The first-order valence-corrected chi connectivity index (χ1v) is 10.8. The minimum Gasteiger partial charge on any atom is -0.465 e. The molecule has 2 aromatic rings. The summed E-state index contributed by atoms with van der Waals surface area (Å²) in [4.78, 5) is 37.6. The van der Waals surface area contributed by atoms with E-state index in [-0.39, 0.29) is 18.1 Å². The molecule has 152 valence electrons. The Morgan fingerprint density at radius 2 is 2.00 bits per heavy atom. The lowest BCUT2D eigenvalue weighted by atomic mass is 10.2. The molecule has 1 aliphatic heterocycles. The molecule has 3 rings (SSSR count). The molecule has 0 unspecified atom stereocenters. The van der Waals surface area contributed by atoms with Gasteiger partial charge in [0.1, 0.15) is 6.54 Å². The third kappa shape index (κ3) is 4.44. The molecule has 1 fully saturated rings. The van der Waals surface area contributed by atoms with Gasteiger partial charge in [-0.15, -0.1) is 0 Å². The summed E-state index contributed by atoms with van der Waals surface area (Å²) in [5.74, 6) is -1.11. The van der Waals surface area contributed by atoms with Crippen molar-refractivity contribution in [3.63, 3.8) is 0 Å². The molecule has 0 bridgehead atoms. The minimum absolute atomic E-state index is 0.191. The molecule has 2 amide bonds. The summed E-state index contributed by atoms with van der Waals surface area (Å²) in [6, 6.07) is 7.59. The van der Waals surface area contributed by atoms with Crippen molar-refractivity contribution in [2.45, 2.75) is 20.8 Å². The maximum atomic E-state index is 12.6. The van der Waals surface area contributed by atoms with E-state index in [9.17, 15) is 14.4 Å². The molecule has 2 heterocycles. The molecular weight excluding hydrogens is 480 g/mol. The van der Waals surface area contributed by atoms with Crippen molar-refractivity contribution in [1.29, 1.82) is 0 Å². The lowest BCUT2D eigenvalue weighted by molar-refractivity contribution is -0.145. The number of aryl methyl sites for hydroxylation is 1. The second-order valence-corrected chi connectivity index (χ2v) is 8.59. The number of nitrogens with zero attached hydrogens (tertiary/aromatic N) is 2. The number of esters is 1. The van der Waals surface area contributed by atoms with Crippen LogP contribution in [0.1, 0.15) is 23.9 Å². The SMILES string of the molecule is CCOC(=O)CN1C(=O)SC(=Cc2cc(C)n(-c3ccc(Br)c(Cl)c3)c2C)C1=O. The second-order valence-electron chi connectivity index (χ2n) is 6.33. The van der Waals surface area contributed by atoms with Gasteiger partial charge in [0.25, 0.3) is 11.1 Å². The number of imide groups is 1. The summed E-state index contributed by atoms with van der Waals surface area (Å²) >= 11 is 10.4. The molecule has 6 nitrogen and oxygen atoms in total. The Balaban J connectivity index is 1.91. The van der Waals surface area contributed by atoms with Crippen LogP contribution < -0.4 is 0 Å². The zero-order valence-electron chi connectivity index (χ0n) is 16.0. The highest BCUT2D eigenvalue weighted by molar-refractivity contribution is 9.10. The zero-order valence-corrected chi connectivity index (χ0v) is 19.2. The van der Waals surface area contributed by atoms with E-state index in [0.29, 0.717) is 5.02 Å². The Hall–Kier alpha value is -2.03. The number of hydrogen-bond acceptors (Lipinski definition) is 5. The fourth-order valence-electron chi connectivity index (χ4n) is 3.07. The Bertz CT molecular complexity index is 1050. The fourth-order valence-corrected chi connectivity index (χ4v) is 4.32. The summed E-state index contributed by atoms with van der Waals surface area (Å²) in [5.41, 5.74) is 3.56. The van der Waals surface area contributed by atoms with Crippen LogP contribution in [-0.4, -0.2) is 39.7 Å². The molecule has 29 heavy (non-hydrogen) atoms. The summed E-state index contributed by atoms with van der Waals surface area (Å²) in [7, 11) is 0. The lowest BCUT2D eigenvalue weighted by Gasteiger charge is -2.11. The maximum absolute atomic E-state index is 12.6. The van der Waals surface area contributed by atoms with Crippen LogP contribution in [0.5, 0.6) is 0 Å². The lowest BCUT2D eigenvalue weighted by Crippen LogP contribution is -2.34. The molecule has 1 aromatic carbocycles. The number of benzene rings is 1. The van der Waals surface area contributed by atoms with Crippen LogP contribution in [0, 0.1) is 13.8 Å². The van der Waals surface area contributed by atoms with E-state index in [1.165, 1.54) is 0 Å². The Labute approximate surface area is 186 Å².